The Hall–Kier alpha value is -3.29. The number of rotatable bonds is 8. The van der Waals surface area contributed by atoms with Crippen LogP contribution < -0.4 is 10.1 Å². The molecule has 0 aliphatic heterocycles. The van der Waals surface area contributed by atoms with Crippen molar-refractivity contribution in [1.29, 1.82) is 0 Å². The number of nitrogens with zero attached hydrogens (tertiary/aromatic N) is 3. The van der Waals surface area contributed by atoms with Gasteiger partial charge in [0.05, 0.1) is 12.8 Å². The third-order valence-electron chi connectivity index (χ3n) is 5.50. The van der Waals surface area contributed by atoms with Crippen molar-refractivity contribution in [1.82, 2.24) is 20.1 Å². The molecule has 0 unspecified atom stereocenters. The van der Waals surface area contributed by atoms with Crippen LogP contribution in [0.25, 0.3) is 17.1 Å². The third-order valence-corrected chi connectivity index (χ3v) is 6.73. The van der Waals surface area contributed by atoms with E-state index in [-0.39, 0.29) is 5.91 Å². The number of hydrogen-bond acceptors (Lipinski definition) is 5. The highest BCUT2D eigenvalue weighted by Gasteiger charge is 2.24. The van der Waals surface area contributed by atoms with Gasteiger partial charge in [0.15, 0.2) is 11.0 Å². The molecular formula is C26H23ClN4O2S. The summed E-state index contributed by atoms with van der Waals surface area (Å²) >= 11 is 7.86. The summed E-state index contributed by atoms with van der Waals surface area (Å²) in [4.78, 5) is 12.4. The number of amides is 1. The number of methoxy groups -OCH3 is 1. The normalized spacial score (nSPS) is 13.0. The van der Waals surface area contributed by atoms with Gasteiger partial charge in [0, 0.05) is 27.9 Å². The number of ether oxygens (including phenoxy) is 1. The summed E-state index contributed by atoms with van der Waals surface area (Å²) in [6, 6.07) is 23.4. The monoisotopic (exact) mass is 490 g/mol. The molecule has 172 valence electrons. The Morgan fingerprint density at radius 2 is 1.91 bits per heavy atom. The molecule has 1 N–H and O–H groups in total. The molecule has 1 amide bonds. The van der Waals surface area contributed by atoms with Crippen molar-refractivity contribution in [3.8, 4) is 22.8 Å². The van der Waals surface area contributed by atoms with Gasteiger partial charge in [-0.2, -0.15) is 0 Å². The van der Waals surface area contributed by atoms with Crippen LogP contribution in [0.2, 0.25) is 5.02 Å². The summed E-state index contributed by atoms with van der Waals surface area (Å²) in [6.45, 7) is 0. The largest absolute Gasteiger partial charge is 0.497 e. The first-order valence-corrected chi connectivity index (χ1v) is 12.4. The van der Waals surface area contributed by atoms with E-state index >= 15 is 0 Å². The molecule has 6 nitrogen and oxygen atoms in total. The molecule has 0 saturated heterocycles. The lowest BCUT2D eigenvalue weighted by Crippen LogP contribution is -2.25. The second kappa shape index (κ2) is 9.91. The van der Waals surface area contributed by atoms with Gasteiger partial charge in [0.2, 0.25) is 0 Å². The molecular weight excluding hydrogens is 468 g/mol. The maximum Gasteiger partial charge on any atom is 0.251 e. The summed E-state index contributed by atoms with van der Waals surface area (Å²) in [5.41, 5.74) is 3.48. The number of hydrogen-bond donors (Lipinski definition) is 1. The van der Waals surface area contributed by atoms with Crippen LogP contribution in [0.3, 0.4) is 0 Å². The molecule has 1 aromatic heterocycles. The van der Waals surface area contributed by atoms with Gasteiger partial charge in [-0.05, 0) is 60.9 Å². The Morgan fingerprint density at radius 3 is 2.71 bits per heavy atom. The van der Waals surface area contributed by atoms with Crippen molar-refractivity contribution in [3.63, 3.8) is 0 Å². The Kier molecular flexibility index (Phi) is 6.56. The van der Waals surface area contributed by atoms with Crippen molar-refractivity contribution in [3.05, 3.63) is 88.9 Å². The van der Waals surface area contributed by atoms with E-state index in [1.54, 1.807) is 18.9 Å². The van der Waals surface area contributed by atoms with Gasteiger partial charge >= 0.3 is 0 Å². The SMILES string of the molecule is COc1cccc(-c2nnc(SCc3cccc(C(=O)NC4CC4)c3)n2-c2cccc(Cl)c2)c1. The Balaban J connectivity index is 1.45. The summed E-state index contributed by atoms with van der Waals surface area (Å²) < 4.78 is 7.39. The summed E-state index contributed by atoms with van der Waals surface area (Å²) in [6.07, 6.45) is 2.13. The number of carbonyl (C=O) groups excluding carboxylic acids is 1. The molecule has 1 aliphatic carbocycles. The molecule has 1 fully saturated rings. The molecule has 34 heavy (non-hydrogen) atoms. The first-order chi connectivity index (χ1) is 16.6. The highest BCUT2D eigenvalue weighted by atomic mass is 35.5. The summed E-state index contributed by atoms with van der Waals surface area (Å²) in [5, 5.41) is 13.4. The zero-order chi connectivity index (χ0) is 23.5. The number of carbonyl (C=O) groups is 1. The zero-order valence-electron chi connectivity index (χ0n) is 18.6. The van der Waals surface area contributed by atoms with Crippen LogP contribution >= 0.6 is 23.4 Å². The van der Waals surface area contributed by atoms with E-state index < -0.39 is 0 Å². The first-order valence-electron chi connectivity index (χ1n) is 11.0. The standard InChI is InChI=1S/C26H23ClN4O2S/c1-33-23-10-3-6-18(14-23)24-29-30-26(31(24)22-9-4-8-20(27)15-22)34-16-17-5-2-7-19(13-17)25(32)28-21-11-12-21/h2-10,13-15,21H,11-12,16H2,1H3,(H,28,32). The molecule has 5 rings (SSSR count). The van der Waals surface area contributed by atoms with E-state index in [9.17, 15) is 4.79 Å². The molecule has 0 bridgehead atoms. The van der Waals surface area contributed by atoms with E-state index in [1.807, 2.05) is 77.4 Å². The van der Waals surface area contributed by atoms with Crippen LogP contribution in [0.4, 0.5) is 0 Å². The van der Waals surface area contributed by atoms with E-state index in [1.165, 1.54) is 0 Å². The minimum atomic E-state index is -0.0169. The van der Waals surface area contributed by atoms with E-state index in [0.717, 1.165) is 40.6 Å². The van der Waals surface area contributed by atoms with Crippen LogP contribution in [-0.2, 0) is 5.75 Å². The van der Waals surface area contributed by atoms with E-state index in [2.05, 4.69) is 15.5 Å². The lowest BCUT2D eigenvalue weighted by atomic mass is 10.1. The number of aromatic nitrogens is 3. The van der Waals surface area contributed by atoms with Crippen LogP contribution in [0, 0.1) is 0 Å². The molecule has 1 aliphatic rings. The molecule has 0 radical (unpaired) electrons. The van der Waals surface area contributed by atoms with Gasteiger partial charge in [-0.1, -0.05) is 53.7 Å². The second-order valence-corrected chi connectivity index (χ2v) is 9.47. The predicted molar refractivity (Wildman–Crippen MR) is 135 cm³/mol. The maximum absolute atomic E-state index is 12.4. The van der Waals surface area contributed by atoms with Crippen molar-refractivity contribution in [2.45, 2.75) is 29.8 Å². The fourth-order valence-corrected chi connectivity index (χ4v) is 4.69. The van der Waals surface area contributed by atoms with Gasteiger partial charge in [0.25, 0.3) is 5.91 Å². The van der Waals surface area contributed by atoms with E-state index in [4.69, 9.17) is 16.3 Å². The lowest BCUT2D eigenvalue weighted by Gasteiger charge is -2.12. The van der Waals surface area contributed by atoms with Crippen molar-refractivity contribution >= 4 is 29.3 Å². The molecule has 0 spiro atoms. The minimum absolute atomic E-state index is 0.0169. The van der Waals surface area contributed by atoms with E-state index in [0.29, 0.717) is 28.2 Å². The number of halogens is 1. The Labute approximate surface area is 207 Å². The summed E-state index contributed by atoms with van der Waals surface area (Å²) in [7, 11) is 1.64. The van der Waals surface area contributed by atoms with Gasteiger partial charge in [-0.15, -0.1) is 10.2 Å². The average molecular weight is 491 g/mol. The van der Waals surface area contributed by atoms with Crippen molar-refractivity contribution in [2.24, 2.45) is 0 Å². The lowest BCUT2D eigenvalue weighted by molar-refractivity contribution is 0.0951. The van der Waals surface area contributed by atoms with Crippen LogP contribution in [0.15, 0.2) is 78.0 Å². The van der Waals surface area contributed by atoms with Crippen molar-refractivity contribution in [2.75, 3.05) is 7.11 Å². The quantitative estimate of drug-likeness (QED) is 0.317. The highest BCUT2D eigenvalue weighted by Crippen LogP contribution is 2.32. The number of nitrogens with one attached hydrogen (secondary N) is 1. The molecule has 1 saturated carbocycles. The van der Waals surface area contributed by atoms with Gasteiger partial charge < -0.3 is 10.1 Å². The second-order valence-electron chi connectivity index (χ2n) is 8.09. The summed E-state index contributed by atoms with van der Waals surface area (Å²) in [5.74, 6) is 2.06. The smallest absolute Gasteiger partial charge is 0.251 e. The highest BCUT2D eigenvalue weighted by molar-refractivity contribution is 7.98. The molecule has 8 heteroatoms. The maximum atomic E-state index is 12.4. The topological polar surface area (TPSA) is 69.0 Å². The molecule has 0 atom stereocenters. The molecule has 3 aromatic carbocycles. The molecule has 4 aromatic rings. The Morgan fingerprint density at radius 1 is 1.09 bits per heavy atom. The number of thioether (sulfide) groups is 1. The fraction of sp³-hybridized carbons (Fsp3) is 0.192. The number of benzene rings is 3. The van der Waals surface area contributed by atoms with Crippen LogP contribution in [0.5, 0.6) is 5.75 Å². The van der Waals surface area contributed by atoms with Gasteiger partial charge in [-0.3, -0.25) is 9.36 Å². The zero-order valence-corrected chi connectivity index (χ0v) is 20.1. The van der Waals surface area contributed by atoms with Crippen molar-refractivity contribution < 1.29 is 9.53 Å². The predicted octanol–water partition coefficient (Wildman–Crippen LogP) is 5.78. The first kappa shape index (κ1) is 22.5. The molecule has 1 heterocycles. The fourth-order valence-electron chi connectivity index (χ4n) is 3.61. The average Bonchev–Trinajstić information content (AvgIpc) is 3.58. The Bertz CT molecular complexity index is 1340. The van der Waals surface area contributed by atoms with Crippen LogP contribution in [0.1, 0.15) is 28.8 Å². The van der Waals surface area contributed by atoms with Gasteiger partial charge in [0.1, 0.15) is 5.75 Å². The van der Waals surface area contributed by atoms with Gasteiger partial charge in [-0.25, -0.2) is 0 Å². The van der Waals surface area contributed by atoms with Crippen LogP contribution in [-0.4, -0.2) is 33.8 Å². The minimum Gasteiger partial charge on any atom is -0.497 e. The third kappa shape index (κ3) is 5.11.